The molecule has 0 aromatic heterocycles. The monoisotopic (exact) mass is 224 g/mol. The van der Waals surface area contributed by atoms with Crippen molar-refractivity contribution in [3.05, 3.63) is 35.1 Å². The SMILES string of the molecule is Cc1cc(CN(C)C(C)CCN)ccc1F. The van der Waals surface area contributed by atoms with Crippen molar-refractivity contribution < 1.29 is 4.39 Å². The number of hydrogen-bond donors (Lipinski definition) is 1. The van der Waals surface area contributed by atoms with E-state index < -0.39 is 0 Å². The Balaban J connectivity index is 2.62. The Kier molecular flexibility index (Phi) is 4.90. The molecule has 16 heavy (non-hydrogen) atoms. The summed E-state index contributed by atoms with van der Waals surface area (Å²) in [6.45, 7) is 5.49. The minimum absolute atomic E-state index is 0.138. The molecule has 0 radical (unpaired) electrons. The van der Waals surface area contributed by atoms with Crippen LogP contribution >= 0.6 is 0 Å². The predicted octanol–water partition coefficient (Wildman–Crippen LogP) is 2.30. The molecule has 2 nitrogen and oxygen atoms in total. The van der Waals surface area contributed by atoms with Gasteiger partial charge in [-0.2, -0.15) is 0 Å². The van der Waals surface area contributed by atoms with E-state index in [1.807, 2.05) is 12.1 Å². The average molecular weight is 224 g/mol. The van der Waals surface area contributed by atoms with E-state index in [0.29, 0.717) is 18.2 Å². The van der Waals surface area contributed by atoms with Crippen molar-refractivity contribution in [1.29, 1.82) is 0 Å². The van der Waals surface area contributed by atoms with Crippen LogP contribution in [0.4, 0.5) is 4.39 Å². The van der Waals surface area contributed by atoms with E-state index in [9.17, 15) is 4.39 Å². The minimum Gasteiger partial charge on any atom is -0.330 e. The maximum absolute atomic E-state index is 13.1. The molecular formula is C13H21FN2. The zero-order chi connectivity index (χ0) is 12.1. The molecule has 1 atom stereocenters. The number of aryl methyl sites for hydroxylation is 1. The normalized spacial score (nSPS) is 13.1. The summed E-state index contributed by atoms with van der Waals surface area (Å²) >= 11 is 0. The molecule has 0 aliphatic rings. The summed E-state index contributed by atoms with van der Waals surface area (Å²) in [5, 5.41) is 0. The second-order valence-electron chi connectivity index (χ2n) is 4.43. The lowest BCUT2D eigenvalue weighted by atomic mass is 10.1. The first-order chi connectivity index (χ1) is 7.54. The summed E-state index contributed by atoms with van der Waals surface area (Å²) in [6.07, 6.45) is 0.983. The van der Waals surface area contributed by atoms with Gasteiger partial charge >= 0.3 is 0 Å². The molecule has 0 aliphatic carbocycles. The number of nitrogens with zero attached hydrogens (tertiary/aromatic N) is 1. The lowest BCUT2D eigenvalue weighted by Crippen LogP contribution is -2.30. The summed E-state index contributed by atoms with van der Waals surface area (Å²) in [7, 11) is 2.07. The molecule has 0 fully saturated rings. The minimum atomic E-state index is -0.138. The topological polar surface area (TPSA) is 29.3 Å². The zero-order valence-corrected chi connectivity index (χ0v) is 10.3. The van der Waals surface area contributed by atoms with Crippen LogP contribution in [-0.4, -0.2) is 24.5 Å². The Morgan fingerprint density at radius 3 is 2.69 bits per heavy atom. The Morgan fingerprint density at radius 1 is 1.44 bits per heavy atom. The van der Waals surface area contributed by atoms with Gasteiger partial charge in [0.2, 0.25) is 0 Å². The van der Waals surface area contributed by atoms with Gasteiger partial charge in [-0.15, -0.1) is 0 Å². The smallest absolute Gasteiger partial charge is 0.126 e. The Morgan fingerprint density at radius 2 is 2.12 bits per heavy atom. The van der Waals surface area contributed by atoms with Crippen LogP contribution in [0.3, 0.4) is 0 Å². The van der Waals surface area contributed by atoms with Gasteiger partial charge in [0.1, 0.15) is 5.82 Å². The highest BCUT2D eigenvalue weighted by atomic mass is 19.1. The van der Waals surface area contributed by atoms with E-state index >= 15 is 0 Å². The van der Waals surface area contributed by atoms with Crippen molar-refractivity contribution in [3.8, 4) is 0 Å². The van der Waals surface area contributed by atoms with Crippen molar-refractivity contribution in [3.63, 3.8) is 0 Å². The van der Waals surface area contributed by atoms with Crippen LogP contribution in [0, 0.1) is 12.7 Å². The van der Waals surface area contributed by atoms with Gasteiger partial charge in [-0.1, -0.05) is 12.1 Å². The van der Waals surface area contributed by atoms with E-state index in [4.69, 9.17) is 5.73 Å². The Labute approximate surface area is 97.3 Å². The van der Waals surface area contributed by atoms with Crippen molar-refractivity contribution in [2.75, 3.05) is 13.6 Å². The third-order valence-electron chi connectivity index (χ3n) is 2.99. The van der Waals surface area contributed by atoms with E-state index in [0.717, 1.165) is 18.5 Å². The van der Waals surface area contributed by atoms with Crippen LogP contribution < -0.4 is 5.73 Å². The lowest BCUT2D eigenvalue weighted by molar-refractivity contribution is 0.240. The summed E-state index contributed by atoms with van der Waals surface area (Å²) in [6, 6.07) is 5.73. The number of benzene rings is 1. The van der Waals surface area contributed by atoms with Crippen LogP contribution in [0.25, 0.3) is 0 Å². The molecular weight excluding hydrogens is 203 g/mol. The largest absolute Gasteiger partial charge is 0.330 e. The van der Waals surface area contributed by atoms with Crippen LogP contribution in [0.1, 0.15) is 24.5 Å². The van der Waals surface area contributed by atoms with Gasteiger partial charge in [0, 0.05) is 12.6 Å². The summed E-state index contributed by atoms with van der Waals surface area (Å²) in [4.78, 5) is 2.24. The van der Waals surface area contributed by atoms with Gasteiger partial charge in [-0.3, -0.25) is 4.90 Å². The fourth-order valence-electron chi connectivity index (χ4n) is 1.71. The highest BCUT2D eigenvalue weighted by Gasteiger charge is 2.09. The molecule has 2 N–H and O–H groups in total. The standard InChI is InChI=1S/C13H21FN2/c1-10-8-12(4-5-13(10)14)9-16(3)11(2)6-7-15/h4-5,8,11H,6-7,9,15H2,1-3H3. The Hall–Kier alpha value is -0.930. The van der Waals surface area contributed by atoms with E-state index in [1.54, 1.807) is 6.92 Å². The van der Waals surface area contributed by atoms with E-state index in [-0.39, 0.29) is 5.82 Å². The quantitative estimate of drug-likeness (QED) is 0.831. The third-order valence-corrected chi connectivity index (χ3v) is 2.99. The van der Waals surface area contributed by atoms with Gasteiger partial charge < -0.3 is 5.73 Å². The number of nitrogens with two attached hydrogens (primary N) is 1. The number of rotatable bonds is 5. The molecule has 3 heteroatoms. The average Bonchev–Trinajstić information content (AvgIpc) is 2.24. The van der Waals surface area contributed by atoms with Crippen LogP contribution in [0.5, 0.6) is 0 Å². The Bertz CT molecular complexity index is 339. The van der Waals surface area contributed by atoms with Gasteiger partial charge in [0.15, 0.2) is 0 Å². The van der Waals surface area contributed by atoms with Gasteiger partial charge in [-0.05, 0) is 51.1 Å². The first kappa shape index (κ1) is 13.1. The number of hydrogen-bond acceptors (Lipinski definition) is 2. The second-order valence-corrected chi connectivity index (χ2v) is 4.43. The summed E-state index contributed by atoms with van der Waals surface area (Å²) < 4.78 is 13.1. The first-order valence-corrected chi connectivity index (χ1v) is 5.70. The third kappa shape index (κ3) is 3.58. The van der Waals surface area contributed by atoms with E-state index in [2.05, 4.69) is 18.9 Å². The van der Waals surface area contributed by atoms with Crippen molar-refractivity contribution in [1.82, 2.24) is 4.90 Å². The van der Waals surface area contributed by atoms with Gasteiger partial charge in [-0.25, -0.2) is 4.39 Å². The molecule has 0 aliphatic heterocycles. The maximum Gasteiger partial charge on any atom is 0.126 e. The lowest BCUT2D eigenvalue weighted by Gasteiger charge is -2.24. The molecule has 90 valence electrons. The zero-order valence-electron chi connectivity index (χ0n) is 10.3. The fraction of sp³-hybridized carbons (Fsp3) is 0.538. The fourth-order valence-corrected chi connectivity index (χ4v) is 1.71. The molecule has 0 heterocycles. The molecule has 0 amide bonds. The maximum atomic E-state index is 13.1. The van der Waals surface area contributed by atoms with Crippen molar-refractivity contribution in [2.45, 2.75) is 32.9 Å². The van der Waals surface area contributed by atoms with Crippen LogP contribution in [0.2, 0.25) is 0 Å². The van der Waals surface area contributed by atoms with Crippen molar-refractivity contribution >= 4 is 0 Å². The van der Waals surface area contributed by atoms with Crippen LogP contribution in [-0.2, 0) is 6.54 Å². The molecule has 1 rings (SSSR count). The highest BCUT2D eigenvalue weighted by Crippen LogP contribution is 2.12. The molecule has 1 aromatic rings. The summed E-state index contributed by atoms with van der Waals surface area (Å²) in [5.41, 5.74) is 7.38. The molecule has 0 saturated heterocycles. The predicted molar refractivity (Wildman–Crippen MR) is 65.7 cm³/mol. The number of halogens is 1. The van der Waals surface area contributed by atoms with Crippen LogP contribution in [0.15, 0.2) is 18.2 Å². The first-order valence-electron chi connectivity index (χ1n) is 5.70. The molecule has 0 bridgehead atoms. The molecule has 1 aromatic carbocycles. The molecule has 0 spiro atoms. The highest BCUT2D eigenvalue weighted by molar-refractivity contribution is 5.23. The van der Waals surface area contributed by atoms with Crippen molar-refractivity contribution in [2.24, 2.45) is 5.73 Å². The molecule has 0 saturated carbocycles. The van der Waals surface area contributed by atoms with Gasteiger partial charge in [0.05, 0.1) is 0 Å². The molecule has 1 unspecified atom stereocenters. The summed E-state index contributed by atoms with van der Waals surface area (Å²) in [5.74, 6) is -0.138. The van der Waals surface area contributed by atoms with E-state index in [1.165, 1.54) is 6.07 Å². The van der Waals surface area contributed by atoms with Gasteiger partial charge in [0.25, 0.3) is 0 Å². The second kappa shape index (κ2) is 5.97.